The first kappa shape index (κ1) is 15.2. The van der Waals surface area contributed by atoms with Crippen LogP contribution in [0.4, 0.5) is 5.69 Å². The molecule has 0 amide bonds. The van der Waals surface area contributed by atoms with Gasteiger partial charge in [-0.2, -0.15) is 0 Å². The number of halogens is 1. The van der Waals surface area contributed by atoms with Crippen molar-refractivity contribution in [3.63, 3.8) is 0 Å². The van der Waals surface area contributed by atoms with Crippen LogP contribution in [0, 0.1) is 6.92 Å². The average Bonchev–Trinajstić information content (AvgIpc) is 2.45. The van der Waals surface area contributed by atoms with Gasteiger partial charge in [-0.25, -0.2) is 4.79 Å². The highest BCUT2D eigenvalue weighted by molar-refractivity contribution is 6.32. The first-order valence-corrected chi connectivity index (χ1v) is 6.89. The number of aryl methyl sites for hydroxylation is 1. The summed E-state index contributed by atoms with van der Waals surface area (Å²) in [6, 6.07) is 10.2. The third-order valence-electron chi connectivity index (χ3n) is 2.81. The van der Waals surface area contributed by atoms with Gasteiger partial charge in [-0.15, -0.1) is 0 Å². The lowest BCUT2D eigenvalue weighted by atomic mass is 10.1. The van der Waals surface area contributed by atoms with E-state index in [1.54, 1.807) is 31.2 Å². The number of hydrogen-bond acceptors (Lipinski definition) is 4. The molecule has 0 atom stereocenters. The van der Waals surface area contributed by atoms with E-state index in [0.717, 1.165) is 5.56 Å². The Morgan fingerprint density at radius 3 is 2.67 bits per heavy atom. The lowest BCUT2D eigenvalue weighted by Crippen LogP contribution is -2.07. The van der Waals surface area contributed by atoms with Crippen LogP contribution in [0.1, 0.15) is 22.8 Å². The molecule has 0 fully saturated rings. The number of hydrogen-bond donors (Lipinski definition) is 1. The van der Waals surface area contributed by atoms with E-state index in [9.17, 15) is 4.79 Å². The molecule has 0 aromatic heterocycles. The lowest BCUT2D eigenvalue weighted by Gasteiger charge is -2.12. The third-order valence-corrected chi connectivity index (χ3v) is 3.12. The summed E-state index contributed by atoms with van der Waals surface area (Å²) in [5, 5.41) is 0.465. The Balaban J connectivity index is 2.39. The van der Waals surface area contributed by atoms with Crippen LogP contribution in [0.25, 0.3) is 0 Å². The van der Waals surface area contributed by atoms with Gasteiger partial charge in [0.2, 0.25) is 0 Å². The minimum absolute atomic E-state index is 0.273. The fourth-order valence-electron chi connectivity index (χ4n) is 1.81. The normalized spacial score (nSPS) is 10.2. The predicted octanol–water partition coefficient (Wildman–Crippen LogP) is 4.20. The fraction of sp³-hybridized carbons (Fsp3) is 0.188. The Hall–Kier alpha value is -2.20. The summed E-state index contributed by atoms with van der Waals surface area (Å²) in [5.74, 6) is 0.353. The van der Waals surface area contributed by atoms with Gasteiger partial charge in [-0.05, 0) is 49.7 Å². The second kappa shape index (κ2) is 6.50. The van der Waals surface area contributed by atoms with Gasteiger partial charge in [-0.3, -0.25) is 0 Å². The van der Waals surface area contributed by atoms with Crippen molar-refractivity contribution >= 4 is 23.3 Å². The summed E-state index contributed by atoms with van der Waals surface area (Å²) in [5.41, 5.74) is 7.45. The van der Waals surface area contributed by atoms with E-state index in [1.807, 2.05) is 13.0 Å². The monoisotopic (exact) mass is 305 g/mol. The van der Waals surface area contributed by atoms with E-state index in [2.05, 4.69) is 0 Å². The van der Waals surface area contributed by atoms with Crippen molar-refractivity contribution in [1.82, 2.24) is 0 Å². The van der Waals surface area contributed by atoms with E-state index < -0.39 is 5.97 Å². The van der Waals surface area contributed by atoms with Gasteiger partial charge in [0.25, 0.3) is 0 Å². The van der Waals surface area contributed by atoms with Crippen molar-refractivity contribution in [2.45, 2.75) is 13.8 Å². The van der Waals surface area contributed by atoms with E-state index in [4.69, 9.17) is 26.8 Å². The molecule has 5 heteroatoms. The van der Waals surface area contributed by atoms with Gasteiger partial charge < -0.3 is 15.2 Å². The Morgan fingerprint density at radius 1 is 1.19 bits per heavy atom. The van der Waals surface area contributed by atoms with Crippen molar-refractivity contribution in [1.29, 1.82) is 0 Å². The number of nitrogen functional groups attached to an aromatic ring is 1. The average molecular weight is 306 g/mol. The van der Waals surface area contributed by atoms with E-state index in [-0.39, 0.29) is 12.2 Å². The van der Waals surface area contributed by atoms with Crippen LogP contribution in [0.2, 0.25) is 5.02 Å². The summed E-state index contributed by atoms with van der Waals surface area (Å²) < 4.78 is 10.8. The number of anilines is 1. The minimum Gasteiger partial charge on any atom is -0.462 e. The number of carbonyl (C=O) groups excluding carboxylic acids is 1. The molecule has 2 rings (SSSR count). The highest BCUT2D eigenvalue weighted by Gasteiger charge is 2.16. The first-order valence-electron chi connectivity index (χ1n) is 6.52. The zero-order valence-corrected chi connectivity index (χ0v) is 12.6. The van der Waals surface area contributed by atoms with Crippen molar-refractivity contribution in [3.8, 4) is 11.5 Å². The molecule has 0 bridgehead atoms. The molecule has 0 radical (unpaired) electrons. The molecule has 21 heavy (non-hydrogen) atoms. The molecule has 0 saturated carbocycles. The minimum atomic E-state index is -0.483. The van der Waals surface area contributed by atoms with Crippen LogP contribution in [-0.2, 0) is 4.74 Å². The van der Waals surface area contributed by atoms with Crippen molar-refractivity contribution < 1.29 is 14.3 Å². The fourth-order valence-corrected chi connectivity index (χ4v) is 1.97. The number of rotatable bonds is 4. The maximum absolute atomic E-state index is 12.0. The molecule has 0 aliphatic rings. The van der Waals surface area contributed by atoms with Crippen LogP contribution >= 0.6 is 11.6 Å². The van der Waals surface area contributed by atoms with Gasteiger partial charge in [0.05, 0.1) is 11.6 Å². The van der Waals surface area contributed by atoms with Crippen molar-refractivity contribution in [2.24, 2.45) is 0 Å². The second-order valence-corrected chi connectivity index (χ2v) is 4.92. The number of nitrogens with two attached hydrogens (primary N) is 1. The molecule has 0 saturated heterocycles. The maximum atomic E-state index is 12.0. The molecule has 0 spiro atoms. The predicted molar refractivity (Wildman–Crippen MR) is 83.1 cm³/mol. The molecule has 4 nitrogen and oxygen atoms in total. The number of carbonyl (C=O) groups is 1. The van der Waals surface area contributed by atoms with Crippen LogP contribution in [0.3, 0.4) is 0 Å². The molecule has 0 aliphatic heterocycles. The van der Waals surface area contributed by atoms with Gasteiger partial charge >= 0.3 is 5.97 Å². The lowest BCUT2D eigenvalue weighted by molar-refractivity contribution is 0.0523. The smallest absolute Gasteiger partial charge is 0.342 e. The SMILES string of the molecule is CCOC(=O)c1cc(N)ccc1Oc1cc(C)ccc1Cl. The van der Waals surface area contributed by atoms with Crippen LogP contribution in [-0.4, -0.2) is 12.6 Å². The molecule has 0 unspecified atom stereocenters. The second-order valence-electron chi connectivity index (χ2n) is 4.51. The van der Waals surface area contributed by atoms with Crippen molar-refractivity contribution in [3.05, 3.63) is 52.5 Å². The van der Waals surface area contributed by atoms with Gasteiger partial charge in [-0.1, -0.05) is 17.7 Å². The molecule has 2 aromatic rings. The standard InChI is InChI=1S/C16H16ClNO3/c1-3-20-16(19)12-9-11(18)5-7-14(12)21-15-8-10(2)4-6-13(15)17/h4-9H,3,18H2,1-2H3. The molecule has 2 N–H and O–H groups in total. The molecular formula is C16H16ClNO3. The largest absolute Gasteiger partial charge is 0.462 e. The Labute approximate surface area is 128 Å². The van der Waals surface area contributed by atoms with Gasteiger partial charge in [0.1, 0.15) is 17.1 Å². The summed E-state index contributed by atoms with van der Waals surface area (Å²) in [6.07, 6.45) is 0. The van der Waals surface area contributed by atoms with Crippen LogP contribution in [0.15, 0.2) is 36.4 Å². The molecule has 110 valence electrons. The van der Waals surface area contributed by atoms with E-state index in [1.165, 1.54) is 6.07 Å². The number of benzene rings is 2. The third kappa shape index (κ3) is 3.67. The summed E-state index contributed by atoms with van der Waals surface area (Å²) in [4.78, 5) is 12.0. The van der Waals surface area contributed by atoms with E-state index >= 15 is 0 Å². The maximum Gasteiger partial charge on any atom is 0.342 e. The molecular weight excluding hydrogens is 290 g/mol. The topological polar surface area (TPSA) is 61.5 Å². The van der Waals surface area contributed by atoms with Crippen molar-refractivity contribution in [2.75, 3.05) is 12.3 Å². The summed E-state index contributed by atoms with van der Waals surface area (Å²) >= 11 is 6.10. The molecule has 2 aromatic carbocycles. The number of ether oxygens (including phenoxy) is 2. The Kier molecular flexibility index (Phi) is 4.70. The van der Waals surface area contributed by atoms with Gasteiger partial charge in [0, 0.05) is 5.69 Å². The summed E-state index contributed by atoms with van der Waals surface area (Å²) in [6.45, 7) is 3.94. The number of esters is 1. The van der Waals surface area contributed by atoms with Crippen LogP contribution in [0.5, 0.6) is 11.5 Å². The molecule has 0 heterocycles. The van der Waals surface area contributed by atoms with Gasteiger partial charge in [0.15, 0.2) is 0 Å². The Bertz CT molecular complexity index is 671. The highest BCUT2D eigenvalue weighted by atomic mass is 35.5. The Morgan fingerprint density at radius 2 is 1.95 bits per heavy atom. The first-order chi connectivity index (χ1) is 10.0. The van der Waals surface area contributed by atoms with E-state index in [0.29, 0.717) is 22.2 Å². The summed E-state index contributed by atoms with van der Waals surface area (Å²) in [7, 11) is 0. The zero-order chi connectivity index (χ0) is 15.4. The zero-order valence-electron chi connectivity index (χ0n) is 11.9. The van der Waals surface area contributed by atoms with Crippen LogP contribution < -0.4 is 10.5 Å². The highest BCUT2D eigenvalue weighted by Crippen LogP contribution is 2.33. The quantitative estimate of drug-likeness (QED) is 0.679. The molecule has 0 aliphatic carbocycles.